The highest BCUT2D eigenvalue weighted by Gasteiger charge is 2.24. The molecule has 6 heteroatoms. The summed E-state index contributed by atoms with van der Waals surface area (Å²) in [6.45, 7) is 3.40. The van der Waals surface area contributed by atoms with Crippen LogP contribution in [0.1, 0.15) is 28.9 Å². The van der Waals surface area contributed by atoms with E-state index in [0.717, 1.165) is 37.0 Å². The first-order chi connectivity index (χ1) is 9.69. The molecular formula is C14H18N4O2. The molecule has 3 heterocycles. The Labute approximate surface area is 117 Å². The average molecular weight is 274 g/mol. The van der Waals surface area contributed by atoms with Crippen LogP contribution in [0, 0.1) is 6.92 Å². The van der Waals surface area contributed by atoms with Crippen molar-refractivity contribution in [1.82, 2.24) is 20.4 Å². The van der Waals surface area contributed by atoms with Crippen LogP contribution in [0.3, 0.4) is 0 Å². The molecule has 3 rings (SSSR count). The maximum absolute atomic E-state index is 12.5. The predicted octanol–water partition coefficient (Wildman–Crippen LogP) is 1.36. The minimum Gasteiger partial charge on any atom is -0.337 e. The Hall–Kier alpha value is -1.95. The van der Waals surface area contributed by atoms with Crippen molar-refractivity contribution in [3.63, 3.8) is 0 Å². The Morgan fingerprint density at radius 2 is 2.40 bits per heavy atom. The summed E-state index contributed by atoms with van der Waals surface area (Å²) in [6.07, 6.45) is 3.71. The number of hydrogen-bond donors (Lipinski definition) is 1. The molecule has 6 nitrogen and oxygen atoms in total. The molecular weight excluding hydrogens is 256 g/mol. The van der Waals surface area contributed by atoms with E-state index >= 15 is 0 Å². The monoisotopic (exact) mass is 274 g/mol. The van der Waals surface area contributed by atoms with Crippen molar-refractivity contribution in [2.75, 3.05) is 20.1 Å². The molecule has 20 heavy (non-hydrogen) atoms. The van der Waals surface area contributed by atoms with E-state index in [2.05, 4.69) is 15.5 Å². The summed E-state index contributed by atoms with van der Waals surface area (Å²) < 4.78 is 5.07. The van der Waals surface area contributed by atoms with E-state index in [1.54, 1.807) is 6.20 Å². The van der Waals surface area contributed by atoms with E-state index in [0.29, 0.717) is 17.3 Å². The molecule has 2 aromatic rings. The minimum atomic E-state index is 0.0277. The second-order valence-electron chi connectivity index (χ2n) is 5.22. The molecule has 1 amide bonds. The largest absolute Gasteiger partial charge is 0.337 e. The van der Waals surface area contributed by atoms with Gasteiger partial charge in [0.2, 0.25) is 0 Å². The van der Waals surface area contributed by atoms with E-state index < -0.39 is 0 Å². The third kappa shape index (κ3) is 2.27. The molecule has 0 spiro atoms. The summed E-state index contributed by atoms with van der Waals surface area (Å²) in [5.74, 6) is 0.0277. The van der Waals surface area contributed by atoms with E-state index in [1.165, 1.54) is 0 Å². The Balaban J connectivity index is 1.86. The smallest absolute Gasteiger partial charge is 0.257 e. The van der Waals surface area contributed by atoms with Crippen molar-refractivity contribution in [1.29, 1.82) is 0 Å². The van der Waals surface area contributed by atoms with Crippen LogP contribution >= 0.6 is 0 Å². The number of amides is 1. The first-order valence-corrected chi connectivity index (χ1v) is 6.87. The van der Waals surface area contributed by atoms with Crippen molar-refractivity contribution in [3.05, 3.63) is 23.5 Å². The third-order valence-corrected chi connectivity index (χ3v) is 3.87. The Morgan fingerprint density at radius 3 is 3.20 bits per heavy atom. The summed E-state index contributed by atoms with van der Waals surface area (Å²) in [5, 5.41) is 7.91. The van der Waals surface area contributed by atoms with Crippen LogP contribution in [0.2, 0.25) is 0 Å². The highest BCUT2D eigenvalue weighted by molar-refractivity contribution is 5.97. The predicted molar refractivity (Wildman–Crippen MR) is 74.5 cm³/mol. The SMILES string of the molecule is CNC1CCCN(C(=O)c2cnc3onc(C)c3c2)C1. The van der Waals surface area contributed by atoms with Crippen LogP contribution in [0.15, 0.2) is 16.8 Å². The molecule has 2 aromatic heterocycles. The van der Waals surface area contributed by atoms with Gasteiger partial charge in [-0.25, -0.2) is 4.98 Å². The fourth-order valence-electron chi connectivity index (χ4n) is 2.64. The van der Waals surface area contributed by atoms with Gasteiger partial charge in [0.15, 0.2) is 0 Å². The van der Waals surface area contributed by atoms with Gasteiger partial charge < -0.3 is 14.7 Å². The first-order valence-electron chi connectivity index (χ1n) is 6.87. The first kappa shape index (κ1) is 13.1. The number of carbonyl (C=O) groups is 1. The van der Waals surface area contributed by atoms with E-state index in [4.69, 9.17) is 4.52 Å². The van der Waals surface area contributed by atoms with Gasteiger partial charge in [0.05, 0.1) is 16.6 Å². The molecule has 0 saturated carbocycles. The van der Waals surface area contributed by atoms with Gasteiger partial charge in [0, 0.05) is 25.3 Å². The molecule has 0 aliphatic carbocycles. The lowest BCUT2D eigenvalue weighted by Crippen LogP contribution is -2.46. The molecule has 106 valence electrons. The standard InChI is InChI=1S/C14H18N4O2/c1-9-12-6-10(7-16-13(12)20-17-9)14(19)18-5-3-4-11(8-18)15-2/h6-7,11,15H,3-5,8H2,1-2H3. The Morgan fingerprint density at radius 1 is 1.55 bits per heavy atom. The third-order valence-electron chi connectivity index (χ3n) is 3.87. The number of nitrogens with zero attached hydrogens (tertiary/aromatic N) is 3. The number of fused-ring (bicyclic) bond motifs is 1. The molecule has 1 fully saturated rings. The number of nitrogens with one attached hydrogen (secondary N) is 1. The van der Waals surface area contributed by atoms with Gasteiger partial charge in [-0.15, -0.1) is 0 Å². The number of aromatic nitrogens is 2. The van der Waals surface area contributed by atoms with Gasteiger partial charge in [0.1, 0.15) is 0 Å². The topological polar surface area (TPSA) is 71.3 Å². The maximum atomic E-state index is 12.5. The van der Waals surface area contributed by atoms with Crippen molar-refractivity contribution in [2.45, 2.75) is 25.8 Å². The molecule has 0 bridgehead atoms. The second kappa shape index (κ2) is 5.20. The van der Waals surface area contributed by atoms with Gasteiger partial charge in [-0.05, 0) is 32.9 Å². The number of aryl methyl sites for hydroxylation is 1. The van der Waals surface area contributed by atoms with Crippen molar-refractivity contribution < 1.29 is 9.32 Å². The van der Waals surface area contributed by atoms with Crippen LogP contribution in [-0.4, -0.2) is 47.1 Å². The highest BCUT2D eigenvalue weighted by atomic mass is 16.5. The lowest BCUT2D eigenvalue weighted by atomic mass is 10.0. The number of pyridine rings is 1. The summed E-state index contributed by atoms with van der Waals surface area (Å²) in [4.78, 5) is 18.6. The zero-order chi connectivity index (χ0) is 14.1. The average Bonchev–Trinajstić information content (AvgIpc) is 2.87. The molecule has 1 unspecified atom stereocenters. The quantitative estimate of drug-likeness (QED) is 0.895. The van der Waals surface area contributed by atoms with Crippen molar-refractivity contribution in [3.8, 4) is 0 Å². The number of likely N-dealkylation sites (tertiary alicyclic amines) is 1. The van der Waals surface area contributed by atoms with E-state index in [-0.39, 0.29) is 5.91 Å². The molecule has 0 radical (unpaired) electrons. The molecule has 1 aliphatic heterocycles. The van der Waals surface area contributed by atoms with Gasteiger partial charge in [0.25, 0.3) is 11.6 Å². The number of piperidine rings is 1. The van der Waals surface area contributed by atoms with Gasteiger partial charge in [-0.1, -0.05) is 5.16 Å². The van der Waals surface area contributed by atoms with E-state index in [9.17, 15) is 4.79 Å². The Kier molecular flexibility index (Phi) is 3.40. The van der Waals surface area contributed by atoms with Gasteiger partial charge in [-0.2, -0.15) is 0 Å². The summed E-state index contributed by atoms with van der Waals surface area (Å²) in [6, 6.07) is 2.20. The highest BCUT2D eigenvalue weighted by Crippen LogP contribution is 2.19. The number of carbonyl (C=O) groups excluding carboxylic acids is 1. The molecule has 1 aliphatic rings. The zero-order valence-corrected chi connectivity index (χ0v) is 11.7. The van der Waals surface area contributed by atoms with Crippen molar-refractivity contribution in [2.24, 2.45) is 0 Å². The normalized spacial score (nSPS) is 19.5. The fourth-order valence-corrected chi connectivity index (χ4v) is 2.64. The van der Waals surface area contributed by atoms with Gasteiger partial charge in [-0.3, -0.25) is 4.79 Å². The van der Waals surface area contributed by atoms with Crippen LogP contribution in [0.4, 0.5) is 0 Å². The van der Waals surface area contributed by atoms with Crippen molar-refractivity contribution >= 4 is 17.0 Å². The van der Waals surface area contributed by atoms with Crippen LogP contribution < -0.4 is 5.32 Å². The van der Waals surface area contributed by atoms with Gasteiger partial charge >= 0.3 is 0 Å². The number of hydrogen-bond acceptors (Lipinski definition) is 5. The second-order valence-corrected chi connectivity index (χ2v) is 5.22. The van der Waals surface area contributed by atoms with E-state index in [1.807, 2.05) is 24.9 Å². The van der Waals surface area contributed by atoms with Crippen LogP contribution in [-0.2, 0) is 0 Å². The van der Waals surface area contributed by atoms with Crippen LogP contribution in [0.25, 0.3) is 11.1 Å². The fraction of sp³-hybridized carbons (Fsp3) is 0.500. The molecule has 0 aromatic carbocycles. The maximum Gasteiger partial charge on any atom is 0.257 e. The van der Waals surface area contributed by atoms with Crippen LogP contribution in [0.5, 0.6) is 0 Å². The minimum absolute atomic E-state index is 0.0277. The molecule has 1 atom stereocenters. The Bertz CT molecular complexity index is 637. The summed E-state index contributed by atoms with van der Waals surface area (Å²) in [5.41, 5.74) is 1.83. The lowest BCUT2D eigenvalue weighted by molar-refractivity contribution is 0.0698. The summed E-state index contributed by atoms with van der Waals surface area (Å²) in [7, 11) is 1.94. The lowest BCUT2D eigenvalue weighted by Gasteiger charge is -2.32. The molecule has 1 N–H and O–H groups in total. The summed E-state index contributed by atoms with van der Waals surface area (Å²) >= 11 is 0. The number of likely N-dealkylation sites (N-methyl/N-ethyl adjacent to an activating group) is 1. The number of rotatable bonds is 2. The molecule has 1 saturated heterocycles. The zero-order valence-electron chi connectivity index (χ0n) is 11.7.